The Morgan fingerprint density at radius 3 is 2.64 bits per heavy atom. The SMILES string of the molecule is CO[C@H]1C[C@H](C)O[C@@H](C)[C@@H]1O. The lowest BCUT2D eigenvalue weighted by Crippen LogP contribution is -2.46. The van der Waals surface area contributed by atoms with Gasteiger partial charge in [0.2, 0.25) is 0 Å². The molecule has 0 amide bonds. The van der Waals surface area contributed by atoms with Crippen LogP contribution in [0.3, 0.4) is 0 Å². The van der Waals surface area contributed by atoms with Crippen molar-refractivity contribution in [3.05, 3.63) is 0 Å². The number of methoxy groups -OCH3 is 1. The Morgan fingerprint density at radius 1 is 1.45 bits per heavy atom. The van der Waals surface area contributed by atoms with Crippen molar-refractivity contribution in [3.8, 4) is 0 Å². The second-order valence-electron chi connectivity index (χ2n) is 3.15. The van der Waals surface area contributed by atoms with Crippen LogP contribution in [0.25, 0.3) is 0 Å². The number of aliphatic hydroxyl groups excluding tert-OH is 1. The Kier molecular flexibility index (Phi) is 2.87. The average molecular weight is 160 g/mol. The minimum atomic E-state index is -0.476. The molecule has 1 saturated heterocycles. The van der Waals surface area contributed by atoms with Gasteiger partial charge in [0.15, 0.2) is 0 Å². The van der Waals surface area contributed by atoms with Crippen LogP contribution >= 0.6 is 0 Å². The molecule has 1 aliphatic rings. The molecule has 1 rings (SSSR count). The van der Waals surface area contributed by atoms with E-state index in [-0.39, 0.29) is 18.3 Å². The summed E-state index contributed by atoms with van der Waals surface area (Å²) in [6.07, 6.45) is 0.328. The van der Waals surface area contributed by atoms with Crippen LogP contribution in [0.2, 0.25) is 0 Å². The van der Waals surface area contributed by atoms with Crippen LogP contribution in [0.4, 0.5) is 0 Å². The Balaban J connectivity index is 2.51. The highest BCUT2D eigenvalue weighted by molar-refractivity contribution is 4.82. The summed E-state index contributed by atoms with van der Waals surface area (Å²) in [4.78, 5) is 0. The van der Waals surface area contributed by atoms with Crippen LogP contribution in [0.15, 0.2) is 0 Å². The summed E-state index contributed by atoms with van der Waals surface area (Å²) in [6, 6.07) is 0. The van der Waals surface area contributed by atoms with Gasteiger partial charge in [-0.05, 0) is 13.8 Å². The lowest BCUT2D eigenvalue weighted by atomic mass is 9.99. The minimum absolute atomic E-state index is 0.0613. The summed E-state index contributed by atoms with van der Waals surface area (Å²) in [6.45, 7) is 3.86. The standard InChI is InChI=1S/C8H16O3/c1-5-4-7(10-3)8(9)6(2)11-5/h5-9H,4H2,1-3H3/t5-,6-,7-,8-/m0/s1. The molecule has 0 aliphatic carbocycles. The highest BCUT2D eigenvalue weighted by Crippen LogP contribution is 2.21. The van der Waals surface area contributed by atoms with Gasteiger partial charge in [-0.25, -0.2) is 0 Å². The van der Waals surface area contributed by atoms with E-state index in [1.165, 1.54) is 0 Å². The molecule has 0 unspecified atom stereocenters. The maximum absolute atomic E-state index is 9.51. The topological polar surface area (TPSA) is 38.7 Å². The number of ether oxygens (including phenoxy) is 2. The molecular weight excluding hydrogens is 144 g/mol. The van der Waals surface area contributed by atoms with E-state index in [9.17, 15) is 5.11 Å². The first-order valence-corrected chi connectivity index (χ1v) is 4.01. The molecule has 1 aliphatic heterocycles. The van der Waals surface area contributed by atoms with Crippen molar-refractivity contribution in [2.75, 3.05) is 7.11 Å². The maximum Gasteiger partial charge on any atom is 0.106 e. The highest BCUT2D eigenvalue weighted by Gasteiger charge is 2.33. The van der Waals surface area contributed by atoms with Crippen LogP contribution in [0.5, 0.6) is 0 Å². The molecule has 0 aromatic carbocycles. The quantitative estimate of drug-likeness (QED) is 0.609. The molecule has 0 aromatic heterocycles. The molecule has 1 N–H and O–H groups in total. The van der Waals surface area contributed by atoms with Gasteiger partial charge in [0.1, 0.15) is 6.10 Å². The fourth-order valence-corrected chi connectivity index (χ4v) is 1.51. The molecule has 4 atom stereocenters. The van der Waals surface area contributed by atoms with Crippen LogP contribution in [-0.4, -0.2) is 36.6 Å². The Hall–Kier alpha value is -0.120. The highest BCUT2D eigenvalue weighted by atomic mass is 16.5. The smallest absolute Gasteiger partial charge is 0.106 e. The van der Waals surface area contributed by atoms with Gasteiger partial charge >= 0.3 is 0 Å². The molecular formula is C8H16O3. The Bertz CT molecular complexity index is 127. The van der Waals surface area contributed by atoms with E-state index in [0.29, 0.717) is 0 Å². The van der Waals surface area contributed by atoms with Gasteiger partial charge in [0.25, 0.3) is 0 Å². The zero-order valence-corrected chi connectivity index (χ0v) is 7.28. The van der Waals surface area contributed by atoms with Gasteiger partial charge in [-0.2, -0.15) is 0 Å². The summed E-state index contributed by atoms with van der Waals surface area (Å²) in [7, 11) is 1.62. The third kappa shape index (κ3) is 1.92. The minimum Gasteiger partial charge on any atom is -0.388 e. The zero-order valence-electron chi connectivity index (χ0n) is 7.28. The Labute approximate surface area is 67.3 Å². The summed E-state index contributed by atoms with van der Waals surface area (Å²) in [5, 5.41) is 9.51. The van der Waals surface area contributed by atoms with E-state index in [1.54, 1.807) is 7.11 Å². The average Bonchev–Trinajstić information content (AvgIpc) is 1.96. The molecule has 0 spiro atoms. The molecule has 0 aromatic rings. The van der Waals surface area contributed by atoms with Gasteiger partial charge in [0, 0.05) is 13.5 Å². The first-order chi connectivity index (χ1) is 5.15. The summed E-state index contributed by atoms with van der Waals surface area (Å²) < 4.78 is 10.5. The van der Waals surface area contributed by atoms with Gasteiger partial charge in [-0.3, -0.25) is 0 Å². The zero-order chi connectivity index (χ0) is 8.43. The van der Waals surface area contributed by atoms with Gasteiger partial charge < -0.3 is 14.6 Å². The number of hydrogen-bond acceptors (Lipinski definition) is 3. The van der Waals surface area contributed by atoms with Crippen LogP contribution in [0.1, 0.15) is 20.3 Å². The normalized spacial score (nSPS) is 45.8. The van der Waals surface area contributed by atoms with Gasteiger partial charge in [0.05, 0.1) is 18.3 Å². The third-order valence-corrected chi connectivity index (χ3v) is 2.18. The predicted octanol–water partition coefficient (Wildman–Crippen LogP) is 0.560. The molecule has 1 heterocycles. The van der Waals surface area contributed by atoms with E-state index < -0.39 is 6.10 Å². The van der Waals surface area contributed by atoms with Crippen molar-refractivity contribution < 1.29 is 14.6 Å². The van der Waals surface area contributed by atoms with E-state index in [0.717, 1.165) is 6.42 Å². The molecule has 0 saturated carbocycles. The molecule has 66 valence electrons. The van der Waals surface area contributed by atoms with Crippen molar-refractivity contribution in [2.24, 2.45) is 0 Å². The summed E-state index contributed by atoms with van der Waals surface area (Å²) in [5.41, 5.74) is 0. The van der Waals surface area contributed by atoms with Gasteiger partial charge in [-0.1, -0.05) is 0 Å². The monoisotopic (exact) mass is 160 g/mol. The fraction of sp³-hybridized carbons (Fsp3) is 1.00. The van der Waals surface area contributed by atoms with Crippen LogP contribution < -0.4 is 0 Å². The lowest BCUT2D eigenvalue weighted by molar-refractivity contribution is -0.165. The van der Waals surface area contributed by atoms with Crippen molar-refractivity contribution in [1.29, 1.82) is 0 Å². The summed E-state index contributed by atoms with van der Waals surface area (Å²) >= 11 is 0. The first kappa shape index (κ1) is 8.97. The first-order valence-electron chi connectivity index (χ1n) is 4.01. The van der Waals surface area contributed by atoms with Crippen molar-refractivity contribution >= 4 is 0 Å². The van der Waals surface area contributed by atoms with E-state index in [1.807, 2.05) is 13.8 Å². The van der Waals surface area contributed by atoms with E-state index in [4.69, 9.17) is 9.47 Å². The molecule has 1 fully saturated rings. The molecule has 3 heteroatoms. The molecule has 0 bridgehead atoms. The van der Waals surface area contributed by atoms with Crippen LogP contribution in [0, 0.1) is 0 Å². The van der Waals surface area contributed by atoms with E-state index >= 15 is 0 Å². The predicted molar refractivity (Wildman–Crippen MR) is 41.4 cm³/mol. The second-order valence-corrected chi connectivity index (χ2v) is 3.15. The molecule has 11 heavy (non-hydrogen) atoms. The lowest BCUT2D eigenvalue weighted by Gasteiger charge is -2.35. The Morgan fingerprint density at radius 2 is 2.09 bits per heavy atom. The molecule has 0 radical (unpaired) electrons. The van der Waals surface area contributed by atoms with Crippen molar-refractivity contribution in [1.82, 2.24) is 0 Å². The van der Waals surface area contributed by atoms with Crippen molar-refractivity contribution in [2.45, 2.75) is 44.7 Å². The van der Waals surface area contributed by atoms with E-state index in [2.05, 4.69) is 0 Å². The van der Waals surface area contributed by atoms with Crippen LogP contribution in [-0.2, 0) is 9.47 Å². The van der Waals surface area contributed by atoms with Gasteiger partial charge in [-0.15, -0.1) is 0 Å². The third-order valence-electron chi connectivity index (χ3n) is 2.18. The number of rotatable bonds is 1. The maximum atomic E-state index is 9.51. The second kappa shape index (κ2) is 3.52. The molecule has 3 nitrogen and oxygen atoms in total. The van der Waals surface area contributed by atoms with Crippen molar-refractivity contribution in [3.63, 3.8) is 0 Å². The summed E-state index contributed by atoms with van der Waals surface area (Å²) in [5.74, 6) is 0. The number of aliphatic hydroxyl groups is 1. The number of hydrogen-bond donors (Lipinski definition) is 1. The fourth-order valence-electron chi connectivity index (χ4n) is 1.51. The largest absolute Gasteiger partial charge is 0.388 e.